The molecule has 2 aromatic carbocycles. The van der Waals surface area contributed by atoms with E-state index in [-0.39, 0.29) is 5.69 Å². The van der Waals surface area contributed by atoms with Crippen LogP contribution in [-0.4, -0.2) is 24.7 Å². The van der Waals surface area contributed by atoms with Crippen molar-refractivity contribution >= 4 is 28.7 Å². The number of para-hydroxylation sites is 1. The van der Waals surface area contributed by atoms with Crippen LogP contribution in [-0.2, 0) is 6.42 Å². The van der Waals surface area contributed by atoms with Gasteiger partial charge in [0.1, 0.15) is 11.6 Å². The number of anilines is 2. The molecule has 0 fully saturated rings. The van der Waals surface area contributed by atoms with Gasteiger partial charge in [-0.3, -0.25) is 0 Å². The van der Waals surface area contributed by atoms with Gasteiger partial charge in [-0.25, -0.2) is 8.78 Å². The molecule has 3 nitrogen and oxygen atoms in total. The molecule has 6 heteroatoms. The van der Waals surface area contributed by atoms with Crippen LogP contribution >= 0.6 is 12.2 Å². The average molecular weight is 347 g/mol. The number of benzene rings is 2. The Kier molecular flexibility index (Phi) is 5.25. The third kappa shape index (κ3) is 4.00. The highest BCUT2D eigenvalue weighted by Gasteiger charge is 2.17. The number of hydrogen-bond donors (Lipinski definition) is 2. The van der Waals surface area contributed by atoms with Gasteiger partial charge in [-0.2, -0.15) is 0 Å². The molecule has 126 valence electrons. The Morgan fingerprint density at radius 1 is 1.17 bits per heavy atom. The van der Waals surface area contributed by atoms with Crippen molar-refractivity contribution in [2.45, 2.75) is 12.8 Å². The lowest BCUT2D eigenvalue weighted by Crippen LogP contribution is -2.32. The zero-order valence-electron chi connectivity index (χ0n) is 13.2. The first-order chi connectivity index (χ1) is 11.6. The maximum atomic E-state index is 13.5. The van der Waals surface area contributed by atoms with Crippen molar-refractivity contribution in [2.24, 2.45) is 0 Å². The second-order valence-corrected chi connectivity index (χ2v) is 6.13. The Labute approximate surface area is 145 Å². The van der Waals surface area contributed by atoms with Gasteiger partial charge in [0, 0.05) is 31.4 Å². The molecule has 0 saturated carbocycles. The third-order valence-electron chi connectivity index (χ3n) is 4.05. The van der Waals surface area contributed by atoms with Crippen LogP contribution in [0.4, 0.5) is 20.2 Å². The first kappa shape index (κ1) is 16.6. The van der Waals surface area contributed by atoms with Crippen LogP contribution < -0.4 is 15.5 Å². The smallest absolute Gasteiger partial charge is 0.170 e. The molecule has 2 aromatic rings. The van der Waals surface area contributed by atoms with Crippen molar-refractivity contribution < 1.29 is 8.78 Å². The maximum absolute atomic E-state index is 13.5. The Bertz CT molecular complexity index is 736. The molecule has 1 heterocycles. The first-order valence-electron chi connectivity index (χ1n) is 7.96. The number of rotatable bonds is 5. The van der Waals surface area contributed by atoms with Crippen molar-refractivity contribution in [1.82, 2.24) is 5.32 Å². The normalized spacial score (nSPS) is 12.8. The second kappa shape index (κ2) is 7.57. The lowest BCUT2D eigenvalue weighted by atomic mass is 10.2. The molecule has 24 heavy (non-hydrogen) atoms. The Morgan fingerprint density at radius 2 is 2.00 bits per heavy atom. The molecule has 0 saturated heterocycles. The minimum absolute atomic E-state index is 0.169. The van der Waals surface area contributed by atoms with Gasteiger partial charge in [0.05, 0.1) is 5.69 Å². The Balaban J connectivity index is 1.41. The van der Waals surface area contributed by atoms with Crippen molar-refractivity contribution in [3.63, 3.8) is 0 Å². The van der Waals surface area contributed by atoms with Crippen LogP contribution in [0.5, 0.6) is 0 Å². The molecule has 0 bridgehead atoms. The van der Waals surface area contributed by atoms with E-state index in [4.69, 9.17) is 12.2 Å². The molecule has 1 aliphatic rings. The van der Waals surface area contributed by atoms with Gasteiger partial charge < -0.3 is 15.5 Å². The molecule has 0 radical (unpaired) electrons. The number of nitrogens with one attached hydrogen (secondary N) is 2. The third-order valence-corrected chi connectivity index (χ3v) is 4.30. The van der Waals surface area contributed by atoms with Gasteiger partial charge in [-0.05, 0) is 48.8 Å². The van der Waals surface area contributed by atoms with Gasteiger partial charge in [0.15, 0.2) is 5.11 Å². The maximum Gasteiger partial charge on any atom is 0.170 e. The molecule has 0 aromatic heterocycles. The molecule has 0 atom stereocenters. The van der Waals surface area contributed by atoms with E-state index in [1.54, 1.807) is 0 Å². The van der Waals surface area contributed by atoms with E-state index in [0.29, 0.717) is 11.7 Å². The van der Waals surface area contributed by atoms with Gasteiger partial charge in [-0.15, -0.1) is 0 Å². The van der Waals surface area contributed by atoms with Gasteiger partial charge in [-0.1, -0.05) is 18.2 Å². The minimum Gasteiger partial charge on any atom is -0.371 e. The summed E-state index contributed by atoms with van der Waals surface area (Å²) in [5.74, 6) is -1.27. The first-order valence-corrected chi connectivity index (χ1v) is 8.37. The highest BCUT2D eigenvalue weighted by molar-refractivity contribution is 7.80. The molecule has 0 aliphatic carbocycles. The van der Waals surface area contributed by atoms with Crippen molar-refractivity contribution in [1.29, 1.82) is 0 Å². The predicted molar refractivity (Wildman–Crippen MR) is 97.6 cm³/mol. The fourth-order valence-electron chi connectivity index (χ4n) is 2.87. The highest BCUT2D eigenvalue weighted by Crippen LogP contribution is 2.27. The molecule has 0 unspecified atom stereocenters. The number of nitrogens with zero attached hydrogens (tertiary/aromatic N) is 1. The summed E-state index contributed by atoms with van der Waals surface area (Å²) in [6, 6.07) is 11.8. The van der Waals surface area contributed by atoms with Gasteiger partial charge in [0.2, 0.25) is 0 Å². The molecule has 1 aliphatic heterocycles. The Morgan fingerprint density at radius 3 is 2.83 bits per heavy atom. The van der Waals surface area contributed by atoms with Gasteiger partial charge in [0.25, 0.3) is 0 Å². The van der Waals surface area contributed by atoms with E-state index in [1.807, 2.05) is 0 Å². The summed E-state index contributed by atoms with van der Waals surface area (Å²) in [6.45, 7) is 2.67. The van der Waals surface area contributed by atoms with E-state index in [9.17, 15) is 8.78 Å². The molecule has 3 rings (SSSR count). The summed E-state index contributed by atoms with van der Waals surface area (Å²) in [5.41, 5.74) is 2.88. The fourth-order valence-corrected chi connectivity index (χ4v) is 3.08. The van der Waals surface area contributed by atoms with Crippen LogP contribution in [0.25, 0.3) is 0 Å². The van der Waals surface area contributed by atoms with E-state index >= 15 is 0 Å². The summed E-state index contributed by atoms with van der Waals surface area (Å²) in [7, 11) is 0. The SMILES string of the molecule is Fc1ccc(NC(=S)NCCCN2CCc3ccccc32)c(F)c1. The zero-order chi connectivity index (χ0) is 16.9. The number of fused-ring (bicyclic) bond motifs is 1. The standard InChI is InChI=1S/C18H19F2N3S/c19-14-6-7-16(15(20)12-14)22-18(24)21-9-3-10-23-11-8-13-4-1-2-5-17(13)23/h1-2,4-7,12H,3,8-11H2,(H2,21,22,24). The highest BCUT2D eigenvalue weighted by atomic mass is 32.1. The summed E-state index contributed by atoms with van der Waals surface area (Å²) in [6.07, 6.45) is 2.01. The zero-order valence-corrected chi connectivity index (χ0v) is 14.0. The van der Waals surface area contributed by atoms with E-state index in [0.717, 1.165) is 32.0 Å². The van der Waals surface area contributed by atoms with Crippen LogP contribution in [0.1, 0.15) is 12.0 Å². The Hall–Kier alpha value is -2.21. The monoisotopic (exact) mass is 347 g/mol. The lowest BCUT2D eigenvalue weighted by molar-refractivity contribution is 0.586. The fraction of sp³-hybridized carbons (Fsp3) is 0.278. The van der Waals surface area contributed by atoms with Gasteiger partial charge >= 0.3 is 0 Å². The lowest BCUT2D eigenvalue weighted by Gasteiger charge is -2.19. The summed E-state index contributed by atoms with van der Waals surface area (Å²) >= 11 is 5.14. The van der Waals surface area contributed by atoms with Crippen molar-refractivity contribution in [3.05, 3.63) is 59.7 Å². The van der Waals surface area contributed by atoms with Crippen molar-refractivity contribution in [3.8, 4) is 0 Å². The number of halogens is 2. The molecule has 0 spiro atoms. The van der Waals surface area contributed by atoms with E-state index in [2.05, 4.69) is 39.8 Å². The van der Waals surface area contributed by atoms with Crippen molar-refractivity contribution in [2.75, 3.05) is 29.9 Å². The van der Waals surface area contributed by atoms with Crippen LogP contribution in [0, 0.1) is 11.6 Å². The minimum atomic E-state index is -0.659. The van der Waals surface area contributed by atoms with Crippen LogP contribution in [0.3, 0.4) is 0 Å². The summed E-state index contributed by atoms with van der Waals surface area (Å²) in [4.78, 5) is 2.37. The molecule has 0 amide bonds. The van der Waals surface area contributed by atoms with E-state index < -0.39 is 11.6 Å². The summed E-state index contributed by atoms with van der Waals surface area (Å²) in [5, 5.41) is 6.14. The second-order valence-electron chi connectivity index (χ2n) is 5.72. The predicted octanol–water partition coefficient (Wildman–Crippen LogP) is 3.70. The largest absolute Gasteiger partial charge is 0.371 e. The quantitative estimate of drug-likeness (QED) is 0.637. The van der Waals surface area contributed by atoms with Crippen LogP contribution in [0.15, 0.2) is 42.5 Å². The molecular weight excluding hydrogens is 328 g/mol. The number of hydrogen-bond acceptors (Lipinski definition) is 2. The summed E-state index contributed by atoms with van der Waals surface area (Å²) < 4.78 is 26.4. The molecule has 2 N–H and O–H groups in total. The van der Waals surface area contributed by atoms with Crippen LogP contribution in [0.2, 0.25) is 0 Å². The number of thiocarbonyl (C=S) groups is 1. The topological polar surface area (TPSA) is 27.3 Å². The average Bonchev–Trinajstić information content (AvgIpc) is 2.98. The van der Waals surface area contributed by atoms with E-state index in [1.165, 1.54) is 23.4 Å². The molecular formula is C18H19F2N3S.